The Balaban J connectivity index is 2.86. The average molecular weight is 212 g/mol. The van der Waals surface area contributed by atoms with E-state index in [9.17, 15) is 14.7 Å². The summed E-state index contributed by atoms with van der Waals surface area (Å²) < 4.78 is 4.60. The molecule has 0 unspecified atom stereocenters. The minimum atomic E-state index is -0.878. The molecule has 0 atom stereocenters. The molecule has 1 aliphatic carbocycles. The van der Waals surface area contributed by atoms with Crippen LogP contribution in [0.15, 0.2) is 11.3 Å². The number of Topliss-reactive ketones (excluding diaryl/α,β-unsaturated/α-hetero) is 1. The first-order chi connectivity index (χ1) is 6.90. The van der Waals surface area contributed by atoms with Gasteiger partial charge in [-0.1, -0.05) is 13.8 Å². The van der Waals surface area contributed by atoms with E-state index in [1.807, 2.05) is 13.8 Å². The molecule has 0 amide bonds. The van der Waals surface area contributed by atoms with E-state index in [1.165, 1.54) is 0 Å². The van der Waals surface area contributed by atoms with Gasteiger partial charge in [-0.05, 0) is 19.8 Å². The Hall–Kier alpha value is -1.32. The van der Waals surface area contributed by atoms with Crippen LogP contribution in [0.3, 0.4) is 0 Å². The molecule has 84 valence electrons. The molecule has 1 aliphatic rings. The molecule has 0 saturated heterocycles. The number of aliphatic hydroxyl groups is 1. The van der Waals surface area contributed by atoms with E-state index in [0.29, 0.717) is 12.8 Å². The molecule has 4 heteroatoms. The third-order valence-corrected chi connectivity index (χ3v) is 2.66. The zero-order chi connectivity index (χ0) is 11.6. The van der Waals surface area contributed by atoms with Crippen molar-refractivity contribution in [3.05, 3.63) is 11.3 Å². The first-order valence-electron chi connectivity index (χ1n) is 5.04. The second kappa shape index (κ2) is 4.04. The Morgan fingerprint density at radius 1 is 1.47 bits per heavy atom. The van der Waals surface area contributed by atoms with E-state index in [1.54, 1.807) is 6.92 Å². The molecule has 0 radical (unpaired) electrons. The van der Waals surface area contributed by atoms with Gasteiger partial charge in [-0.2, -0.15) is 0 Å². The van der Waals surface area contributed by atoms with E-state index < -0.39 is 17.2 Å². The topological polar surface area (TPSA) is 63.6 Å². The molecule has 0 aliphatic heterocycles. The minimum Gasteiger partial charge on any atom is -0.511 e. The minimum absolute atomic E-state index is 0.0283. The molecule has 4 nitrogen and oxygen atoms in total. The Kier molecular flexibility index (Phi) is 3.17. The lowest BCUT2D eigenvalue weighted by Crippen LogP contribution is -2.20. The molecule has 15 heavy (non-hydrogen) atoms. The highest BCUT2D eigenvalue weighted by Crippen LogP contribution is 2.40. The fraction of sp³-hybridized carbons (Fsp3) is 0.636. The molecule has 0 aromatic rings. The summed E-state index contributed by atoms with van der Waals surface area (Å²) in [6.45, 7) is 5.49. The van der Waals surface area contributed by atoms with Gasteiger partial charge in [-0.3, -0.25) is 4.79 Å². The summed E-state index contributed by atoms with van der Waals surface area (Å²) in [7, 11) is 0. The number of carbonyl (C=O) groups is 2. The van der Waals surface area contributed by atoms with Crippen molar-refractivity contribution in [1.29, 1.82) is 0 Å². The Bertz CT molecular complexity index is 325. The lowest BCUT2D eigenvalue weighted by atomic mass is 9.91. The standard InChI is InChI=1S/C11H16O4/c1-4-15-10(14)8(12)7-5-6-11(2,3)9(7)13/h13H,4-6H2,1-3H3. The number of rotatable bonds is 3. The van der Waals surface area contributed by atoms with E-state index in [0.717, 1.165) is 0 Å². The number of hydrogen-bond acceptors (Lipinski definition) is 4. The zero-order valence-corrected chi connectivity index (χ0v) is 9.29. The summed E-state index contributed by atoms with van der Waals surface area (Å²) in [6.07, 6.45) is 1.12. The zero-order valence-electron chi connectivity index (χ0n) is 9.29. The second-order valence-corrected chi connectivity index (χ2v) is 4.26. The summed E-state index contributed by atoms with van der Waals surface area (Å²) in [5.74, 6) is -1.56. The van der Waals surface area contributed by atoms with Crippen LogP contribution in [0.1, 0.15) is 33.6 Å². The van der Waals surface area contributed by atoms with Crippen LogP contribution in [0.2, 0.25) is 0 Å². The predicted molar refractivity (Wildman–Crippen MR) is 54.3 cm³/mol. The smallest absolute Gasteiger partial charge is 0.379 e. The van der Waals surface area contributed by atoms with Crippen molar-refractivity contribution in [1.82, 2.24) is 0 Å². The van der Waals surface area contributed by atoms with Gasteiger partial charge in [-0.15, -0.1) is 0 Å². The summed E-state index contributed by atoms with van der Waals surface area (Å²) >= 11 is 0. The van der Waals surface area contributed by atoms with Crippen LogP contribution < -0.4 is 0 Å². The quantitative estimate of drug-likeness (QED) is 0.571. The van der Waals surface area contributed by atoms with E-state index in [4.69, 9.17) is 0 Å². The van der Waals surface area contributed by atoms with Crippen LogP contribution in [-0.2, 0) is 14.3 Å². The average Bonchev–Trinajstić information content (AvgIpc) is 2.42. The van der Waals surface area contributed by atoms with Crippen LogP contribution in [0.5, 0.6) is 0 Å². The number of carbonyl (C=O) groups excluding carboxylic acids is 2. The van der Waals surface area contributed by atoms with Crippen LogP contribution >= 0.6 is 0 Å². The first kappa shape index (κ1) is 11.8. The highest BCUT2D eigenvalue weighted by molar-refractivity contribution is 6.40. The van der Waals surface area contributed by atoms with Crippen LogP contribution in [0.4, 0.5) is 0 Å². The molecule has 0 heterocycles. The van der Waals surface area contributed by atoms with Crippen molar-refractivity contribution in [3.63, 3.8) is 0 Å². The summed E-state index contributed by atoms with van der Waals surface area (Å²) in [4.78, 5) is 22.7. The maximum absolute atomic E-state index is 11.5. The van der Waals surface area contributed by atoms with Gasteiger partial charge in [0.15, 0.2) is 0 Å². The van der Waals surface area contributed by atoms with E-state index >= 15 is 0 Å². The number of allylic oxidation sites excluding steroid dienone is 1. The summed E-state index contributed by atoms with van der Waals surface area (Å²) in [5, 5.41) is 9.76. The first-order valence-corrected chi connectivity index (χ1v) is 5.04. The predicted octanol–water partition coefficient (Wildman–Crippen LogP) is 1.75. The number of esters is 1. The van der Waals surface area contributed by atoms with Crippen molar-refractivity contribution in [2.75, 3.05) is 6.61 Å². The fourth-order valence-electron chi connectivity index (χ4n) is 1.62. The lowest BCUT2D eigenvalue weighted by molar-refractivity contribution is -0.151. The molecule has 0 saturated carbocycles. The second-order valence-electron chi connectivity index (χ2n) is 4.26. The lowest BCUT2D eigenvalue weighted by Gasteiger charge is -2.16. The monoisotopic (exact) mass is 212 g/mol. The molecule has 0 spiro atoms. The molecule has 0 bridgehead atoms. The number of hydrogen-bond donors (Lipinski definition) is 1. The maximum Gasteiger partial charge on any atom is 0.379 e. The summed E-state index contributed by atoms with van der Waals surface area (Å²) in [5.41, 5.74) is -0.198. The molecule has 0 fully saturated rings. The number of ketones is 1. The van der Waals surface area contributed by atoms with Gasteiger partial charge in [0.1, 0.15) is 5.76 Å². The highest BCUT2D eigenvalue weighted by Gasteiger charge is 2.37. The van der Waals surface area contributed by atoms with Gasteiger partial charge >= 0.3 is 5.97 Å². The van der Waals surface area contributed by atoms with Crippen molar-refractivity contribution in [2.45, 2.75) is 33.6 Å². The third kappa shape index (κ3) is 2.19. The molecule has 1 rings (SSSR count). The highest BCUT2D eigenvalue weighted by atomic mass is 16.5. The van der Waals surface area contributed by atoms with Gasteiger partial charge in [0.2, 0.25) is 0 Å². The molecule has 1 N–H and O–H groups in total. The van der Waals surface area contributed by atoms with E-state index in [2.05, 4.69) is 4.74 Å². The van der Waals surface area contributed by atoms with Gasteiger partial charge in [0.25, 0.3) is 5.78 Å². The van der Waals surface area contributed by atoms with E-state index in [-0.39, 0.29) is 17.9 Å². The van der Waals surface area contributed by atoms with Crippen molar-refractivity contribution in [3.8, 4) is 0 Å². The fourth-order valence-corrected chi connectivity index (χ4v) is 1.62. The Labute approximate surface area is 88.9 Å². The molecular weight excluding hydrogens is 196 g/mol. The molecule has 0 aromatic carbocycles. The van der Waals surface area contributed by atoms with Gasteiger partial charge in [0.05, 0.1) is 6.61 Å². The Morgan fingerprint density at radius 2 is 2.07 bits per heavy atom. The largest absolute Gasteiger partial charge is 0.511 e. The van der Waals surface area contributed by atoms with Crippen molar-refractivity contribution < 1.29 is 19.4 Å². The normalized spacial score (nSPS) is 19.1. The Morgan fingerprint density at radius 3 is 2.47 bits per heavy atom. The van der Waals surface area contributed by atoms with Crippen LogP contribution in [-0.4, -0.2) is 23.5 Å². The van der Waals surface area contributed by atoms with Gasteiger partial charge in [0, 0.05) is 11.0 Å². The maximum atomic E-state index is 11.5. The van der Waals surface area contributed by atoms with Crippen molar-refractivity contribution in [2.24, 2.45) is 5.41 Å². The molecular formula is C11H16O4. The molecule has 0 aromatic heterocycles. The van der Waals surface area contributed by atoms with Crippen LogP contribution in [0, 0.1) is 5.41 Å². The summed E-state index contributed by atoms with van der Waals surface area (Å²) in [6, 6.07) is 0. The van der Waals surface area contributed by atoms with Gasteiger partial charge in [-0.25, -0.2) is 4.79 Å². The SMILES string of the molecule is CCOC(=O)C(=O)C1=C(O)C(C)(C)CC1. The number of aliphatic hydroxyl groups excluding tert-OH is 1. The van der Waals surface area contributed by atoms with Crippen LogP contribution in [0.25, 0.3) is 0 Å². The van der Waals surface area contributed by atoms with Gasteiger partial charge < -0.3 is 9.84 Å². The van der Waals surface area contributed by atoms with Crippen molar-refractivity contribution >= 4 is 11.8 Å². The number of ether oxygens (including phenoxy) is 1. The third-order valence-electron chi connectivity index (χ3n) is 2.66.